The average molecular weight is 694 g/mol. The number of fused-ring (bicyclic) bond motifs is 4. The molecule has 1 aliphatic heterocycles. The van der Waals surface area contributed by atoms with Gasteiger partial charge in [0.25, 0.3) is 17.7 Å². The third-order valence-corrected chi connectivity index (χ3v) is 9.38. The minimum absolute atomic E-state index is 0.0294. The van der Waals surface area contributed by atoms with Crippen molar-refractivity contribution in [3.63, 3.8) is 0 Å². The molecule has 48 heavy (non-hydrogen) atoms. The first-order valence-corrected chi connectivity index (χ1v) is 17.0. The topological polar surface area (TPSA) is 201 Å². The zero-order valence-corrected chi connectivity index (χ0v) is 28.2. The second-order valence-corrected chi connectivity index (χ2v) is 13.2. The molecule has 4 aromatic rings. The first-order valence-electron chi connectivity index (χ1n) is 15.3. The van der Waals surface area contributed by atoms with E-state index < -0.39 is 48.2 Å². The Morgan fingerprint density at radius 1 is 1.00 bits per heavy atom. The maximum absolute atomic E-state index is 13.5. The molecule has 0 saturated heterocycles. The lowest BCUT2D eigenvalue weighted by Gasteiger charge is -2.24. The molecule has 4 bridgehead atoms. The number of nitrogens with one attached hydrogen (secondary N) is 4. The van der Waals surface area contributed by atoms with Crippen LogP contribution in [0.5, 0.6) is 0 Å². The van der Waals surface area contributed by atoms with Gasteiger partial charge in [0, 0.05) is 23.8 Å². The molecule has 5 amide bonds. The highest BCUT2D eigenvalue weighted by atomic mass is 32.1. The second-order valence-electron chi connectivity index (χ2n) is 11.5. The van der Waals surface area contributed by atoms with Crippen molar-refractivity contribution >= 4 is 52.2 Å². The van der Waals surface area contributed by atoms with Gasteiger partial charge in [0.05, 0.1) is 25.2 Å². The average Bonchev–Trinajstić information content (AvgIpc) is 3.85. The SMILES string of the molecule is Cc1nonc1C(=O)NCC(=O)N1CCCNC(=O)c2csc(n2)[C@H](C(C)C)NC(=O)c2csc(n2)[C@H](Cc2ccccc2)NC(=O)C1. The summed E-state index contributed by atoms with van der Waals surface area (Å²) in [5, 5.41) is 22.8. The van der Waals surface area contributed by atoms with Crippen LogP contribution >= 0.6 is 22.7 Å². The van der Waals surface area contributed by atoms with Gasteiger partial charge in [-0.25, -0.2) is 14.6 Å². The Morgan fingerprint density at radius 3 is 2.42 bits per heavy atom. The molecule has 0 fully saturated rings. The Balaban J connectivity index is 1.40. The number of nitrogens with zero attached hydrogens (tertiary/aromatic N) is 5. The van der Waals surface area contributed by atoms with Crippen molar-refractivity contribution in [2.24, 2.45) is 5.92 Å². The molecule has 0 saturated carbocycles. The first kappa shape index (κ1) is 34.3. The van der Waals surface area contributed by atoms with Crippen LogP contribution in [0.3, 0.4) is 0 Å². The Labute approximate surface area is 283 Å². The van der Waals surface area contributed by atoms with Gasteiger partial charge in [-0.15, -0.1) is 22.7 Å². The van der Waals surface area contributed by atoms with Crippen molar-refractivity contribution in [1.29, 1.82) is 0 Å². The fourth-order valence-corrected chi connectivity index (χ4v) is 6.79. The monoisotopic (exact) mass is 693 g/mol. The van der Waals surface area contributed by atoms with E-state index in [2.05, 4.69) is 46.2 Å². The predicted octanol–water partition coefficient (Wildman–Crippen LogP) is 2.21. The largest absolute Gasteiger partial charge is 0.351 e. The van der Waals surface area contributed by atoms with E-state index in [1.54, 1.807) is 17.7 Å². The molecule has 1 aliphatic rings. The van der Waals surface area contributed by atoms with Crippen LogP contribution in [0.25, 0.3) is 0 Å². The van der Waals surface area contributed by atoms with E-state index in [-0.39, 0.29) is 48.3 Å². The number of aryl methyl sites for hydroxylation is 1. The number of rotatable bonds is 6. The molecule has 0 aliphatic carbocycles. The van der Waals surface area contributed by atoms with Gasteiger partial charge in [-0.3, -0.25) is 24.0 Å². The number of hydrogen-bond donors (Lipinski definition) is 4. The van der Waals surface area contributed by atoms with Crippen LogP contribution < -0.4 is 21.3 Å². The Hall–Kier alpha value is -5.03. The molecule has 4 N–H and O–H groups in total. The number of carbonyl (C=O) groups excluding carboxylic acids is 5. The summed E-state index contributed by atoms with van der Waals surface area (Å²) in [7, 11) is 0. The summed E-state index contributed by atoms with van der Waals surface area (Å²) in [6, 6.07) is 8.47. The van der Waals surface area contributed by atoms with E-state index in [1.807, 2.05) is 44.2 Å². The van der Waals surface area contributed by atoms with Crippen LogP contribution in [-0.4, -0.2) is 80.9 Å². The van der Waals surface area contributed by atoms with Crippen LogP contribution in [0, 0.1) is 12.8 Å². The van der Waals surface area contributed by atoms with Gasteiger partial charge in [-0.1, -0.05) is 49.3 Å². The molecular weight excluding hydrogens is 659 g/mol. The van der Waals surface area contributed by atoms with Crippen LogP contribution in [0.4, 0.5) is 0 Å². The number of aromatic nitrogens is 4. The zero-order valence-electron chi connectivity index (χ0n) is 26.5. The molecule has 0 radical (unpaired) electrons. The van der Waals surface area contributed by atoms with Gasteiger partial charge in [0.15, 0.2) is 5.69 Å². The summed E-state index contributed by atoms with van der Waals surface area (Å²) in [6.07, 6.45) is 0.703. The smallest absolute Gasteiger partial charge is 0.275 e. The van der Waals surface area contributed by atoms with E-state index in [4.69, 9.17) is 0 Å². The third-order valence-electron chi connectivity index (χ3n) is 7.49. The van der Waals surface area contributed by atoms with Gasteiger partial charge in [0.1, 0.15) is 27.1 Å². The van der Waals surface area contributed by atoms with Crippen molar-refractivity contribution in [2.75, 3.05) is 26.2 Å². The maximum Gasteiger partial charge on any atom is 0.275 e. The molecule has 2 atom stereocenters. The van der Waals surface area contributed by atoms with Crippen LogP contribution in [-0.2, 0) is 16.0 Å². The van der Waals surface area contributed by atoms with E-state index in [0.29, 0.717) is 22.9 Å². The fraction of sp³-hybridized carbons (Fsp3) is 0.387. The lowest BCUT2D eigenvalue weighted by Crippen LogP contribution is -2.46. The highest BCUT2D eigenvalue weighted by Gasteiger charge is 2.28. The van der Waals surface area contributed by atoms with E-state index in [0.717, 1.165) is 5.56 Å². The minimum atomic E-state index is -0.648. The van der Waals surface area contributed by atoms with Crippen LogP contribution in [0.1, 0.15) is 85.1 Å². The molecule has 1 aromatic carbocycles. The molecular formula is C31H35N9O6S2. The number of benzene rings is 1. The first-order chi connectivity index (χ1) is 23.1. The number of hydrogen-bond acceptors (Lipinski definition) is 12. The standard InChI is InChI=1S/C31H35N9O6S2/c1-17(2)25-31-36-21(15-48-31)27(43)32-10-7-11-40(24(42)13-33-29(45)26-18(3)38-46-39-26)14-23(41)34-20(12-19-8-5-4-6-9-19)30-35-22(16-47-30)28(44)37-25/h4-6,8-9,15-17,20,25H,7,10-14H2,1-3H3,(H,32,43)(H,33,45)(H,34,41)(H,37,44)/t20-,25-/m0/s1. The second kappa shape index (κ2) is 15.7. The lowest BCUT2D eigenvalue weighted by molar-refractivity contribution is -0.135. The Bertz CT molecular complexity index is 1770. The molecule has 5 rings (SSSR count). The van der Waals surface area contributed by atoms with Crippen LogP contribution in [0.15, 0.2) is 45.7 Å². The van der Waals surface area contributed by atoms with Gasteiger partial charge >= 0.3 is 0 Å². The molecule has 17 heteroatoms. The summed E-state index contributed by atoms with van der Waals surface area (Å²) in [5.74, 6) is -2.48. The van der Waals surface area contributed by atoms with Gasteiger partial charge in [-0.05, 0) is 36.4 Å². The normalized spacial score (nSPS) is 17.8. The molecule has 3 aromatic heterocycles. The van der Waals surface area contributed by atoms with Crippen molar-refractivity contribution in [1.82, 2.24) is 46.4 Å². The van der Waals surface area contributed by atoms with Gasteiger partial charge in [-0.2, -0.15) is 0 Å². The minimum Gasteiger partial charge on any atom is -0.351 e. The van der Waals surface area contributed by atoms with E-state index in [1.165, 1.54) is 27.6 Å². The quantitative estimate of drug-likeness (QED) is 0.232. The zero-order chi connectivity index (χ0) is 34.2. The summed E-state index contributed by atoms with van der Waals surface area (Å²) in [6.45, 7) is 4.99. The van der Waals surface area contributed by atoms with Crippen molar-refractivity contribution in [3.8, 4) is 0 Å². The molecule has 0 spiro atoms. The maximum atomic E-state index is 13.5. The molecule has 15 nitrogen and oxygen atoms in total. The molecule has 252 valence electrons. The molecule has 0 unspecified atom stereocenters. The Morgan fingerprint density at radius 2 is 1.71 bits per heavy atom. The van der Waals surface area contributed by atoms with Crippen LogP contribution in [0.2, 0.25) is 0 Å². The third kappa shape index (κ3) is 8.65. The van der Waals surface area contributed by atoms with Gasteiger partial charge in [0.2, 0.25) is 11.8 Å². The predicted molar refractivity (Wildman–Crippen MR) is 175 cm³/mol. The van der Waals surface area contributed by atoms with E-state index >= 15 is 0 Å². The Kier molecular flexibility index (Phi) is 11.2. The number of carbonyl (C=O) groups is 5. The number of amides is 5. The highest BCUT2D eigenvalue weighted by molar-refractivity contribution is 7.10. The summed E-state index contributed by atoms with van der Waals surface area (Å²) >= 11 is 2.52. The summed E-state index contributed by atoms with van der Waals surface area (Å²) in [4.78, 5) is 76.1. The lowest BCUT2D eigenvalue weighted by atomic mass is 10.0. The molecule has 4 heterocycles. The van der Waals surface area contributed by atoms with Gasteiger partial charge < -0.3 is 26.2 Å². The van der Waals surface area contributed by atoms with Crippen molar-refractivity contribution in [3.05, 3.63) is 79.4 Å². The van der Waals surface area contributed by atoms with E-state index in [9.17, 15) is 24.0 Å². The fourth-order valence-electron chi connectivity index (χ4n) is 4.92. The van der Waals surface area contributed by atoms with Crippen molar-refractivity contribution < 1.29 is 28.6 Å². The summed E-state index contributed by atoms with van der Waals surface area (Å²) in [5.41, 5.74) is 1.54. The highest BCUT2D eigenvalue weighted by Crippen LogP contribution is 2.27. The number of thiazole rings is 2. The van der Waals surface area contributed by atoms with Crippen molar-refractivity contribution in [2.45, 2.75) is 45.7 Å². The summed E-state index contributed by atoms with van der Waals surface area (Å²) < 4.78 is 4.57.